The van der Waals surface area contributed by atoms with Crippen molar-refractivity contribution in [2.24, 2.45) is 5.92 Å². The van der Waals surface area contributed by atoms with Crippen LogP contribution in [0.15, 0.2) is 20.4 Å². The standard InChI is InChI=1S/C15H19N3O3/c1-2-18-10(7-6-9-4-3-5-9)8-11(19)12-13(18)16-15(21)17-14(12)20/h8-9H,2-7H2,1H3,(H2,16,17,20,21). The number of H-pyrrole nitrogens is 2. The van der Waals surface area contributed by atoms with E-state index in [1.807, 2.05) is 11.5 Å². The molecule has 2 aromatic heterocycles. The van der Waals surface area contributed by atoms with Gasteiger partial charge in [-0.05, 0) is 25.7 Å². The zero-order valence-corrected chi connectivity index (χ0v) is 12.1. The molecular weight excluding hydrogens is 270 g/mol. The first-order valence-electron chi connectivity index (χ1n) is 7.49. The fourth-order valence-electron chi connectivity index (χ4n) is 3.05. The van der Waals surface area contributed by atoms with Gasteiger partial charge < -0.3 is 4.57 Å². The van der Waals surface area contributed by atoms with Crippen molar-refractivity contribution in [3.63, 3.8) is 0 Å². The van der Waals surface area contributed by atoms with E-state index in [1.165, 1.54) is 25.3 Å². The Labute approximate surface area is 120 Å². The Bertz CT molecular complexity index is 840. The first kappa shape index (κ1) is 13.9. The second kappa shape index (κ2) is 5.35. The summed E-state index contributed by atoms with van der Waals surface area (Å²) in [7, 11) is 0. The number of aromatic nitrogens is 3. The van der Waals surface area contributed by atoms with Crippen LogP contribution in [0, 0.1) is 5.92 Å². The molecule has 0 bridgehead atoms. The lowest BCUT2D eigenvalue weighted by molar-refractivity contribution is 0.294. The number of nitrogens with one attached hydrogen (secondary N) is 2. The number of hydrogen-bond acceptors (Lipinski definition) is 3. The van der Waals surface area contributed by atoms with Gasteiger partial charge in [0.2, 0.25) is 0 Å². The van der Waals surface area contributed by atoms with E-state index in [4.69, 9.17) is 0 Å². The number of pyridine rings is 1. The Morgan fingerprint density at radius 1 is 1.24 bits per heavy atom. The summed E-state index contributed by atoms with van der Waals surface area (Å²) in [6.07, 6.45) is 5.68. The van der Waals surface area contributed by atoms with Gasteiger partial charge in [0.25, 0.3) is 5.56 Å². The molecule has 6 nitrogen and oxygen atoms in total. The van der Waals surface area contributed by atoms with Gasteiger partial charge >= 0.3 is 5.69 Å². The highest BCUT2D eigenvalue weighted by atomic mass is 16.2. The maximum Gasteiger partial charge on any atom is 0.327 e. The van der Waals surface area contributed by atoms with Gasteiger partial charge in [0, 0.05) is 18.3 Å². The molecule has 0 radical (unpaired) electrons. The van der Waals surface area contributed by atoms with Gasteiger partial charge in [-0.3, -0.25) is 19.6 Å². The molecule has 0 spiro atoms. The Morgan fingerprint density at radius 3 is 2.62 bits per heavy atom. The fraction of sp³-hybridized carbons (Fsp3) is 0.533. The van der Waals surface area contributed by atoms with E-state index in [0.29, 0.717) is 12.2 Å². The predicted octanol–water partition coefficient (Wildman–Crippen LogP) is 1.13. The lowest BCUT2D eigenvalue weighted by Crippen LogP contribution is -2.29. The molecule has 0 aliphatic heterocycles. The number of nitrogens with zero attached hydrogens (tertiary/aromatic N) is 1. The largest absolute Gasteiger partial charge is 0.331 e. The second-order valence-corrected chi connectivity index (χ2v) is 5.71. The minimum atomic E-state index is -0.619. The van der Waals surface area contributed by atoms with Crippen molar-refractivity contribution in [2.45, 2.75) is 45.6 Å². The monoisotopic (exact) mass is 289 g/mol. The molecule has 1 saturated carbocycles. The van der Waals surface area contributed by atoms with Gasteiger partial charge in [-0.1, -0.05) is 19.3 Å². The minimum absolute atomic E-state index is 0.0313. The molecule has 0 atom stereocenters. The fourth-order valence-corrected chi connectivity index (χ4v) is 3.05. The molecular formula is C15H19N3O3. The van der Waals surface area contributed by atoms with Crippen LogP contribution in [0.5, 0.6) is 0 Å². The molecule has 6 heteroatoms. The second-order valence-electron chi connectivity index (χ2n) is 5.71. The number of aryl methyl sites for hydroxylation is 2. The molecule has 112 valence electrons. The van der Waals surface area contributed by atoms with Crippen molar-refractivity contribution < 1.29 is 0 Å². The number of hydrogen-bond donors (Lipinski definition) is 2. The molecule has 0 unspecified atom stereocenters. The summed E-state index contributed by atoms with van der Waals surface area (Å²) >= 11 is 0. The third kappa shape index (κ3) is 2.46. The molecule has 0 aromatic carbocycles. The van der Waals surface area contributed by atoms with E-state index >= 15 is 0 Å². The number of aromatic amines is 2. The number of rotatable bonds is 4. The normalized spacial score (nSPS) is 15.3. The third-order valence-corrected chi connectivity index (χ3v) is 4.43. The summed E-state index contributed by atoms with van der Waals surface area (Å²) in [4.78, 5) is 40.2. The molecule has 1 aliphatic rings. The third-order valence-electron chi connectivity index (χ3n) is 4.43. The van der Waals surface area contributed by atoms with E-state index in [-0.39, 0.29) is 10.8 Å². The first-order valence-corrected chi connectivity index (χ1v) is 7.49. The summed E-state index contributed by atoms with van der Waals surface area (Å²) in [5.41, 5.74) is -0.293. The summed E-state index contributed by atoms with van der Waals surface area (Å²) in [6, 6.07) is 1.54. The minimum Gasteiger partial charge on any atom is -0.331 e. The van der Waals surface area contributed by atoms with Gasteiger partial charge in [0.15, 0.2) is 5.43 Å². The van der Waals surface area contributed by atoms with Crippen molar-refractivity contribution in [1.82, 2.24) is 14.5 Å². The van der Waals surface area contributed by atoms with Crippen LogP contribution in [-0.2, 0) is 13.0 Å². The first-order chi connectivity index (χ1) is 10.1. The molecule has 0 saturated heterocycles. The van der Waals surface area contributed by atoms with Crippen LogP contribution in [0.3, 0.4) is 0 Å². The van der Waals surface area contributed by atoms with Crippen LogP contribution in [0.4, 0.5) is 0 Å². The van der Waals surface area contributed by atoms with E-state index in [0.717, 1.165) is 24.5 Å². The SMILES string of the molecule is CCn1c(CCC2CCC2)cc(=O)c2c(=O)[nH]c(=O)[nH]c21. The summed E-state index contributed by atoms with van der Waals surface area (Å²) in [5.74, 6) is 0.749. The summed E-state index contributed by atoms with van der Waals surface area (Å²) in [5, 5.41) is 0.0313. The number of fused-ring (bicyclic) bond motifs is 1. The summed E-state index contributed by atoms with van der Waals surface area (Å²) in [6.45, 7) is 2.55. The Kier molecular flexibility index (Phi) is 3.53. The molecule has 2 aromatic rings. The molecule has 0 amide bonds. The van der Waals surface area contributed by atoms with Crippen molar-refractivity contribution in [3.8, 4) is 0 Å². The van der Waals surface area contributed by atoms with Crippen LogP contribution in [0.1, 0.15) is 38.3 Å². The van der Waals surface area contributed by atoms with Gasteiger partial charge in [0.1, 0.15) is 11.0 Å². The van der Waals surface area contributed by atoms with Crippen LogP contribution < -0.4 is 16.7 Å². The van der Waals surface area contributed by atoms with Gasteiger partial charge in [-0.15, -0.1) is 0 Å². The predicted molar refractivity (Wildman–Crippen MR) is 80.8 cm³/mol. The Balaban J connectivity index is 2.14. The highest BCUT2D eigenvalue weighted by Gasteiger charge is 2.18. The summed E-state index contributed by atoms with van der Waals surface area (Å²) < 4.78 is 1.87. The quantitative estimate of drug-likeness (QED) is 0.884. The zero-order valence-electron chi connectivity index (χ0n) is 12.1. The zero-order chi connectivity index (χ0) is 15.0. The van der Waals surface area contributed by atoms with Crippen molar-refractivity contribution >= 4 is 11.0 Å². The van der Waals surface area contributed by atoms with Crippen molar-refractivity contribution in [3.05, 3.63) is 42.8 Å². The highest BCUT2D eigenvalue weighted by molar-refractivity contribution is 5.73. The molecule has 2 N–H and O–H groups in total. The topological polar surface area (TPSA) is 87.7 Å². The van der Waals surface area contributed by atoms with Crippen molar-refractivity contribution in [2.75, 3.05) is 0 Å². The van der Waals surface area contributed by atoms with E-state index in [2.05, 4.69) is 9.97 Å². The highest BCUT2D eigenvalue weighted by Crippen LogP contribution is 2.30. The van der Waals surface area contributed by atoms with E-state index < -0.39 is 11.2 Å². The van der Waals surface area contributed by atoms with Gasteiger partial charge in [-0.25, -0.2) is 4.79 Å². The average molecular weight is 289 g/mol. The van der Waals surface area contributed by atoms with E-state index in [1.54, 1.807) is 0 Å². The molecule has 21 heavy (non-hydrogen) atoms. The molecule has 3 rings (SSSR count). The van der Waals surface area contributed by atoms with Crippen molar-refractivity contribution in [1.29, 1.82) is 0 Å². The van der Waals surface area contributed by atoms with E-state index in [9.17, 15) is 14.4 Å². The lowest BCUT2D eigenvalue weighted by Gasteiger charge is -2.25. The Morgan fingerprint density at radius 2 is 2.00 bits per heavy atom. The smallest absolute Gasteiger partial charge is 0.327 e. The Hall–Kier alpha value is -2.11. The van der Waals surface area contributed by atoms with Gasteiger partial charge in [0.05, 0.1) is 0 Å². The maximum absolute atomic E-state index is 12.2. The average Bonchev–Trinajstić information content (AvgIpc) is 2.36. The molecule has 2 heterocycles. The van der Waals surface area contributed by atoms with Crippen LogP contribution >= 0.6 is 0 Å². The van der Waals surface area contributed by atoms with Crippen LogP contribution in [0.25, 0.3) is 11.0 Å². The molecule has 1 fully saturated rings. The molecule has 1 aliphatic carbocycles. The van der Waals surface area contributed by atoms with Crippen LogP contribution in [-0.4, -0.2) is 14.5 Å². The maximum atomic E-state index is 12.2. The van der Waals surface area contributed by atoms with Gasteiger partial charge in [-0.2, -0.15) is 0 Å². The van der Waals surface area contributed by atoms with Crippen LogP contribution in [0.2, 0.25) is 0 Å². The lowest BCUT2D eigenvalue weighted by atomic mass is 9.82.